The summed E-state index contributed by atoms with van der Waals surface area (Å²) >= 11 is 0. The third-order valence-electron chi connectivity index (χ3n) is 4.94. The topological polar surface area (TPSA) is 68.5 Å². The summed E-state index contributed by atoms with van der Waals surface area (Å²) in [6.45, 7) is 3.24. The zero-order valence-corrected chi connectivity index (χ0v) is 16.7. The molecule has 1 aliphatic rings. The molecule has 5 nitrogen and oxygen atoms in total. The maximum atomic E-state index is 14.5. The molecule has 0 bridgehead atoms. The third-order valence-corrected chi connectivity index (χ3v) is 4.94. The van der Waals surface area contributed by atoms with E-state index in [1.54, 1.807) is 12.1 Å². The number of hydrogen-bond acceptors (Lipinski definition) is 5. The predicted molar refractivity (Wildman–Crippen MR) is 107 cm³/mol. The summed E-state index contributed by atoms with van der Waals surface area (Å²) in [6, 6.07) is 9.04. The highest BCUT2D eigenvalue weighted by Gasteiger charge is 2.30. The lowest BCUT2D eigenvalue weighted by molar-refractivity contribution is 0.0728. The first kappa shape index (κ1) is 21.9. The Balaban J connectivity index is 1.61. The second-order valence-electron chi connectivity index (χ2n) is 7.24. The molecule has 1 saturated heterocycles. The van der Waals surface area contributed by atoms with Gasteiger partial charge in [-0.15, -0.1) is 0 Å². The summed E-state index contributed by atoms with van der Waals surface area (Å²) in [6.07, 6.45) is 4.51. The van der Waals surface area contributed by atoms with Gasteiger partial charge >= 0.3 is 13.1 Å². The van der Waals surface area contributed by atoms with E-state index in [4.69, 9.17) is 19.3 Å². The van der Waals surface area contributed by atoms with Crippen LogP contribution in [0.4, 0.5) is 8.78 Å². The quantitative estimate of drug-likeness (QED) is 0.297. The van der Waals surface area contributed by atoms with Crippen molar-refractivity contribution in [1.29, 1.82) is 5.26 Å². The number of esters is 1. The zero-order valence-electron chi connectivity index (χ0n) is 16.7. The van der Waals surface area contributed by atoms with E-state index < -0.39 is 24.7 Å². The third kappa shape index (κ3) is 5.44. The average molecular weight is 413 g/mol. The van der Waals surface area contributed by atoms with Crippen molar-refractivity contribution in [2.24, 2.45) is 5.92 Å². The van der Waals surface area contributed by atoms with Crippen molar-refractivity contribution in [2.45, 2.75) is 32.6 Å². The van der Waals surface area contributed by atoms with Gasteiger partial charge in [0.1, 0.15) is 23.5 Å². The maximum absolute atomic E-state index is 14.5. The Labute approximate surface area is 174 Å². The molecule has 1 aliphatic heterocycles. The average Bonchev–Trinajstić information content (AvgIpc) is 2.74. The highest BCUT2D eigenvalue weighted by molar-refractivity contribution is 6.61. The highest BCUT2D eigenvalue weighted by Crippen LogP contribution is 2.19. The molecule has 1 fully saturated rings. The van der Waals surface area contributed by atoms with Gasteiger partial charge in [0.2, 0.25) is 0 Å². The van der Waals surface area contributed by atoms with Crippen LogP contribution < -0.4 is 10.2 Å². The molecular formula is C22H22BF2NO4. The van der Waals surface area contributed by atoms with Crippen LogP contribution in [0, 0.1) is 28.9 Å². The number of ether oxygens (including phenoxy) is 1. The van der Waals surface area contributed by atoms with Crippen molar-refractivity contribution in [3.8, 4) is 11.8 Å². The molecule has 2 aromatic rings. The van der Waals surface area contributed by atoms with E-state index >= 15 is 0 Å². The van der Waals surface area contributed by atoms with E-state index in [1.807, 2.05) is 0 Å². The van der Waals surface area contributed by atoms with Crippen molar-refractivity contribution in [3.63, 3.8) is 0 Å². The lowest BCUT2D eigenvalue weighted by Crippen LogP contribution is -2.44. The van der Waals surface area contributed by atoms with Gasteiger partial charge in [-0.25, -0.2) is 13.6 Å². The molecule has 0 aliphatic carbocycles. The molecular weight excluding hydrogens is 391 g/mol. The fraction of sp³-hybridized carbons (Fsp3) is 0.364. The second-order valence-corrected chi connectivity index (χ2v) is 7.24. The number of carbonyl (C=O) groups is 1. The molecule has 3 rings (SSSR count). The van der Waals surface area contributed by atoms with Crippen LogP contribution in [0.5, 0.6) is 5.75 Å². The summed E-state index contributed by atoms with van der Waals surface area (Å²) in [5.41, 5.74) is 0.00247. The van der Waals surface area contributed by atoms with Gasteiger partial charge in [-0.2, -0.15) is 5.26 Å². The Morgan fingerprint density at radius 3 is 2.57 bits per heavy atom. The van der Waals surface area contributed by atoms with Gasteiger partial charge < -0.3 is 14.0 Å². The number of rotatable bonds is 7. The van der Waals surface area contributed by atoms with E-state index in [-0.39, 0.29) is 16.9 Å². The number of hydrogen-bond donors (Lipinski definition) is 0. The second kappa shape index (κ2) is 10.3. The van der Waals surface area contributed by atoms with Crippen LogP contribution in [0.15, 0.2) is 36.4 Å². The summed E-state index contributed by atoms with van der Waals surface area (Å²) < 4.78 is 44.6. The van der Waals surface area contributed by atoms with Gasteiger partial charge in [-0.1, -0.05) is 32.3 Å². The molecule has 1 heterocycles. The molecule has 0 amide bonds. The minimum absolute atomic E-state index is 0.118. The Morgan fingerprint density at radius 1 is 1.17 bits per heavy atom. The van der Waals surface area contributed by atoms with Gasteiger partial charge in [0, 0.05) is 25.2 Å². The maximum Gasteiger partial charge on any atom is 0.493 e. The summed E-state index contributed by atoms with van der Waals surface area (Å²) in [7, 11) is -0.681. The predicted octanol–water partition coefficient (Wildman–Crippen LogP) is 3.99. The largest absolute Gasteiger partial charge is 0.493 e. The number of nitriles is 1. The fourth-order valence-corrected chi connectivity index (χ4v) is 3.24. The van der Waals surface area contributed by atoms with Gasteiger partial charge in [0.25, 0.3) is 0 Å². The lowest BCUT2D eigenvalue weighted by atomic mass is 9.77. The normalized spacial score (nSPS) is 14.4. The van der Waals surface area contributed by atoms with Crippen molar-refractivity contribution in [3.05, 3.63) is 59.2 Å². The highest BCUT2D eigenvalue weighted by atomic mass is 19.1. The first-order valence-corrected chi connectivity index (χ1v) is 9.96. The van der Waals surface area contributed by atoms with Crippen molar-refractivity contribution in [1.82, 2.24) is 0 Å². The molecule has 30 heavy (non-hydrogen) atoms. The van der Waals surface area contributed by atoms with Crippen LogP contribution >= 0.6 is 0 Å². The van der Waals surface area contributed by atoms with Gasteiger partial charge in [0.05, 0.1) is 11.1 Å². The molecule has 156 valence electrons. The number of unbranched alkanes of at least 4 members (excludes halogenated alkanes) is 2. The Bertz CT molecular complexity index is 939. The van der Waals surface area contributed by atoms with Crippen molar-refractivity contribution >= 4 is 18.6 Å². The van der Waals surface area contributed by atoms with E-state index in [0.29, 0.717) is 24.6 Å². The summed E-state index contributed by atoms with van der Waals surface area (Å²) in [5.74, 6) is -2.36. The molecule has 8 heteroatoms. The molecule has 0 saturated carbocycles. The molecule has 0 radical (unpaired) electrons. The number of nitrogens with zero attached hydrogens (tertiary/aromatic N) is 1. The van der Waals surface area contributed by atoms with Crippen LogP contribution in [0.2, 0.25) is 0 Å². The minimum Gasteiger partial charge on any atom is -0.423 e. The Morgan fingerprint density at radius 2 is 1.93 bits per heavy atom. The standard InChI is InChI=1S/C22H22BF2NO4/c1-2-3-4-5-15-13-28-23(29-14-15)17-7-9-19(21(25)10-17)22(27)30-18-8-6-16(12-26)20(24)11-18/h6-11,15H,2-5,13-14H2,1H3. The summed E-state index contributed by atoms with van der Waals surface area (Å²) in [4.78, 5) is 12.2. The molecule has 0 aromatic heterocycles. The number of benzene rings is 2. The van der Waals surface area contributed by atoms with E-state index in [2.05, 4.69) is 6.92 Å². The van der Waals surface area contributed by atoms with Crippen LogP contribution in [-0.2, 0) is 9.31 Å². The number of carbonyl (C=O) groups excluding carboxylic acids is 1. The lowest BCUT2D eigenvalue weighted by Gasteiger charge is -2.27. The fourth-order valence-electron chi connectivity index (χ4n) is 3.24. The number of halogens is 2. The first-order valence-electron chi connectivity index (χ1n) is 9.96. The van der Waals surface area contributed by atoms with E-state index in [0.717, 1.165) is 25.3 Å². The van der Waals surface area contributed by atoms with Gasteiger partial charge in [0.15, 0.2) is 0 Å². The monoisotopic (exact) mass is 413 g/mol. The summed E-state index contributed by atoms with van der Waals surface area (Å²) in [5, 5.41) is 8.73. The molecule has 0 N–H and O–H groups in total. The van der Waals surface area contributed by atoms with Crippen molar-refractivity contribution < 1.29 is 27.6 Å². The van der Waals surface area contributed by atoms with E-state index in [9.17, 15) is 13.6 Å². The molecule has 2 aromatic carbocycles. The Kier molecular flexibility index (Phi) is 7.55. The van der Waals surface area contributed by atoms with Crippen LogP contribution in [0.3, 0.4) is 0 Å². The zero-order chi connectivity index (χ0) is 21.5. The molecule has 0 unspecified atom stereocenters. The van der Waals surface area contributed by atoms with E-state index in [1.165, 1.54) is 30.7 Å². The van der Waals surface area contributed by atoms with Gasteiger partial charge in [-0.05, 0) is 36.1 Å². The molecule has 0 atom stereocenters. The smallest absolute Gasteiger partial charge is 0.423 e. The minimum atomic E-state index is -0.968. The first-order chi connectivity index (χ1) is 14.5. The van der Waals surface area contributed by atoms with Crippen LogP contribution in [0.1, 0.15) is 48.5 Å². The Hall–Kier alpha value is -2.76. The van der Waals surface area contributed by atoms with Gasteiger partial charge in [-0.3, -0.25) is 0 Å². The van der Waals surface area contributed by atoms with Crippen LogP contribution in [0.25, 0.3) is 0 Å². The van der Waals surface area contributed by atoms with Crippen molar-refractivity contribution in [2.75, 3.05) is 13.2 Å². The SMILES string of the molecule is CCCCCC1COB(c2ccc(C(=O)Oc3ccc(C#N)c(F)c3)c(F)c2)OC1. The van der Waals surface area contributed by atoms with Crippen LogP contribution in [-0.4, -0.2) is 26.3 Å². The molecule has 0 spiro atoms.